The van der Waals surface area contributed by atoms with Gasteiger partial charge in [0.2, 0.25) is 0 Å². The van der Waals surface area contributed by atoms with Gasteiger partial charge in [0.1, 0.15) is 12.1 Å². The summed E-state index contributed by atoms with van der Waals surface area (Å²) in [6, 6.07) is 8.88. The fourth-order valence-electron chi connectivity index (χ4n) is 4.57. The van der Waals surface area contributed by atoms with Crippen LogP contribution in [0.4, 0.5) is 11.5 Å². The molecule has 2 aliphatic heterocycles. The number of hydrogen-bond donors (Lipinski definition) is 1. The van der Waals surface area contributed by atoms with Crippen LogP contribution >= 0.6 is 0 Å². The van der Waals surface area contributed by atoms with E-state index in [1.807, 2.05) is 12.3 Å². The third-order valence-electron chi connectivity index (χ3n) is 6.35. The van der Waals surface area contributed by atoms with Crippen LogP contribution in [0.1, 0.15) is 35.7 Å². The predicted molar refractivity (Wildman–Crippen MR) is 122 cm³/mol. The molecule has 0 atom stereocenters. The molecule has 0 saturated carbocycles. The van der Waals surface area contributed by atoms with Crippen molar-refractivity contribution < 1.29 is 9.53 Å². The molecule has 0 bridgehead atoms. The first kappa shape index (κ1) is 20.8. The second kappa shape index (κ2) is 9.58. The molecule has 0 amide bonds. The molecule has 160 valence electrons. The molecule has 2 aliphatic rings. The molecule has 6 heteroatoms. The lowest BCUT2D eigenvalue weighted by molar-refractivity contribution is 0.0846. The van der Waals surface area contributed by atoms with Crippen molar-refractivity contribution in [3.8, 4) is 11.1 Å². The number of piperazine rings is 1. The van der Waals surface area contributed by atoms with Crippen LogP contribution in [0.25, 0.3) is 11.1 Å². The van der Waals surface area contributed by atoms with Gasteiger partial charge in [0, 0.05) is 75.0 Å². The Labute approximate surface area is 179 Å². The number of aldehydes is 1. The Morgan fingerprint density at radius 1 is 1.20 bits per heavy atom. The molecule has 2 aromatic rings. The van der Waals surface area contributed by atoms with Gasteiger partial charge in [-0.05, 0) is 62.1 Å². The first-order valence-electron chi connectivity index (χ1n) is 11.1. The molecule has 2 fully saturated rings. The second-order valence-electron chi connectivity index (χ2n) is 8.10. The molecule has 4 rings (SSSR count). The third kappa shape index (κ3) is 4.35. The van der Waals surface area contributed by atoms with E-state index < -0.39 is 0 Å². The molecule has 0 aliphatic carbocycles. The molecule has 1 N–H and O–H groups in total. The number of rotatable bonds is 6. The zero-order chi connectivity index (χ0) is 20.9. The number of hydrogen-bond acceptors (Lipinski definition) is 6. The topological polar surface area (TPSA) is 57.7 Å². The largest absolute Gasteiger partial charge is 0.381 e. The average Bonchev–Trinajstić information content (AvgIpc) is 2.82. The number of nitrogens with zero attached hydrogens (tertiary/aromatic N) is 3. The minimum atomic E-state index is 0.449. The molecule has 1 aromatic heterocycles. The van der Waals surface area contributed by atoms with E-state index in [4.69, 9.17) is 9.72 Å². The van der Waals surface area contributed by atoms with Gasteiger partial charge in [0.15, 0.2) is 0 Å². The molecular formula is C24H32N4O2. The third-order valence-corrected chi connectivity index (χ3v) is 6.35. The van der Waals surface area contributed by atoms with Gasteiger partial charge in [-0.3, -0.25) is 4.79 Å². The van der Waals surface area contributed by atoms with Crippen LogP contribution in [0.5, 0.6) is 0 Å². The first-order valence-corrected chi connectivity index (χ1v) is 11.1. The predicted octanol–water partition coefficient (Wildman–Crippen LogP) is 3.28. The number of nitrogens with one attached hydrogen (secondary N) is 1. The molecule has 0 spiro atoms. The van der Waals surface area contributed by atoms with E-state index in [2.05, 4.69) is 47.2 Å². The summed E-state index contributed by atoms with van der Waals surface area (Å²) in [6.07, 6.45) is 4.96. The van der Waals surface area contributed by atoms with Gasteiger partial charge in [-0.15, -0.1) is 0 Å². The highest BCUT2D eigenvalue weighted by molar-refractivity contribution is 5.85. The molecule has 1 aromatic carbocycles. The fraction of sp³-hybridized carbons (Fsp3) is 0.500. The minimum absolute atomic E-state index is 0.449. The number of carbonyl (C=O) groups excluding carboxylic acids is 1. The van der Waals surface area contributed by atoms with Crippen LogP contribution < -0.4 is 15.1 Å². The van der Waals surface area contributed by atoms with Crippen LogP contribution in [-0.4, -0.2) is 63.2 Å². The Kier molecular flexibility index (Phi) is 6.65. The normalized spacial score (nSPS) is 17.7. The highest BCUT2D eigenvalue weighted by Crippen LogP contribution is 2.33. The number of pyridine rings is 1. The minimum Gasteiger partial charge on any atom is -0.381 e. The molecule has 3 heterocycles. The van der Waals surface area contributed by atoms with Crippen molar-refractivity contribution in [3.63, 3.8) is 0 Å². The standard InChI is InChI=1S/C24H32N4O2/c1-3-28(22-6-12-30-13-7-22)23-15-20(14-21(17-29)18(23)2)19-4-5-24(26-16-19)27-10-8-25-9-11-27/h4-5,14-17,22,25H,3,6-13H2,1-2H3. The maximum Gasteiger partial charge on any atom is 0.150 e. The smallest absolute Gasteiger partial charge is 0.150 e. The van der Waals surface area contributed by atoms with Gasteiger partial charge in [-0.1, -0.05) is 0 Å². The van der Waals surface area contributed by atoms with Crippen LogP contribution in [0.2, 0.25) is 0 Å². The van der Waals surface area contributed by atoms with Gasteiger partial charge in [-0.2, -0.15) is 0 Å². The molecule has 30 heavy (non-hydrogen) atoms. The maximum absolute atomic E-state index is 11.8. The van der Waals surface area contributed by atoms with Crippen LogP contribution in [0.3, 0.4) is 0 Å². The number of carbonyl (C=O) groups is 1. The van der Waals surface area contributed by atoms with Gasteiger partial charge >= 0.3 is 0 Å². The zero-order valence-corrected chi connectivity index (χ0v) is 18.1. The Morgan fingerprint density at radius 3 is 2.60 bits per heavy atom. The highest BCUT2D eigenvalue weighted by atomic mass is 16.5. The Morgan fingerprint density at radius 2 is 1.97 bits per heavy atom. The fourth-order valence-corrected chi connectivity index (χ4v) is 4.57. The molecule has 6 nitrogen and oxygen atoms in total. The van der Waals surface area contributed by atoms with Crippen LogP contribution in [-0.2, 0) is 4.74 Å². The van der Waals surface area contributed by atoms with E-state index in [-0.39, 0.29) is 0 Å². The maximum atomic E-state index is 11.8. The van der Waals surface area contributed by atoms with E-state index in [0.717, 1.165) is 98.8 Å². The summed E-state index contributed by atoms with van der Waals surface area (Å²) in [5, 5.41) is 3.37. The number of aromatic nitrogens is 1. The lowest BCUT2D eigenvalue weighted by atomic mass is 9.97. The van der Waals surface area contributed by atoms with Crippen LogP contribution in [0, 0.1) is 6.92 Å². The van der Waals surface area contributed by atoms with Gasteiger partial charge in [0.25, 0.3) is 0 Å². The monoisotopic (exact) mass is 408 g/mol. The number of benzene rings is 1. The second-order valence-corrected chi connectivity index (χ2v) is 8.10. The van der Waals surface area contributed by atoms with Crippen LogP contribution in [0.15, 0.2) is 30.5 Å². The quantitative estimate of drug-likeness (QED) is 0.741. The molecule has 0 unspecified atom stereocenters. The van der Waals surface area contributed by atoms with Crippen molar-refractivity contribution in [2.24, 2.45) is 0 Å². The molecular weight excluding hydrogens is 376 g/mol. The number of anilines is 2. The van der Waals surface area contributed by atoms with Crippen molar-refractivity contribution in [3.05, 3.63) is 41.6 Å². The van der Waals surface area contributed by atoms with Crippen molar-refractivity contribution in [2.45, 2.75) is 32.7 Å². The Bertz CT molecular complexity index is 856. The van der Waals surface area contributed by atoms with E-state index in [9.17, 15) is 4.79 Å². The summed E-state index contributed by atoms with van der Waals surface area (Å²) in [6.45, 7) is 10.7. The van der Waals surface area contributed by atoms with Crippen molar-refractivity contribution in [2.75, 3.05) is 55.7 Å². The Hall–Kier alpha value is -2.44. The van der Waals surface area contributed by atoms with Crippen molar-refractivity contribution >= 4 is 17.8 Å². The van der Waals surface area contributed by atoms with E-state index in [1.165, 1.54) is 0 Å². The highest BCUT2D eigenvalue weighted by Gasteiger charge is 2.23. The lowest BCUT2D eigenvalue weighted by Crippen LogP contribution is -2.43. The van der Waals surface area contributed by atoms with Gasteiger partial charge < -0.3 is 19.9 Å². The summed E-state index contributed by atoms with van der Waals surface area (Å²) >= 11 is 0. The van der Waals surface area contributed by atoms with E-state index in [0.29, 0.717) is 6.04 Å². The summed E-state index contributed by atoms with van der Waals surface area (Å²) in [4.78, 5) is 21.3. The molecule has 2 saturated heterocycles. The number of ether oxygens (including phenoxy) is 1. The Balaban J connectivity index is 1.66. The zero-order valence-electron chi connectivity index (χ0n) is 18.1. The molecule has 0 radical (unpaired) electrons. The average molecular weight is 409 g/mol. The van der Waals surface area contributed by atoms with E-state index in [1.54, 1.807) is 0 Å². The van der Waals surface area contributed by atoms with E-state index >= 15 is 0 Å². The summed E-state index contributed by atoms with van der Waals surface area (Å²) in [5.41, 5.74) is 5.03. The van der Waals surface area contributed by atoms with Gasteiger partial charge in [0.05, 0.1) is 0 Å². The summed E-state index contributed by atoms with van der Waals surface area (Å²) in [5.74, 6) is 1.01. The first-order chi connectivity index (χ1) is 14.7. The lowest BCUT2D eigenvalue weighted by Gasteiger charge is -2.36. The van der Waals surface area contributed by atoms with Crippen molar-refractivity contribution in [1.82, 2.24) is 10.3 Å². The summed E-state index contributed by atoms with van der Waals surface area (Å²) in [7, 11) is 0. The van der Waals surface area contributed by atoms with Gasteiger partial charge in [-0.25, -0.2) is 4.98 Å². The van der Waals surface area contributed by atoms with Crippen molar-refractivity contribution in [1.29, 1.82) is 0 Å². The summed E-state index contributed by atoms with van der Waals surface area (Å²) < 4.78 is 5.56. The SMILES string of the molecule is CCN(c1cc(-c2ccc(N3CCNCC3)nc2)cc(C=O)c1C)C1CCOCC1.